The second kappa shape index (κ2) is 4.61. The maximum absolute atomic E-state index is 12.8. The van der Waals surface area contributed by atoms with E-state index in [0.717, 1.165) is 5.56 Å². The molecule has 1 aromatic rings. The lowest BCUT2D eigenvalue weighted by Gasteiger charge is -2.32. The van der Waals surface area contributed by atoms with Crippen LogP contribution in [-0.2, 0) is 9.53 Å². The molecule has 1 saturated heterocycles. The first-order chi connectivity index (χ1) is 7.66. The fourth-order valence-electron chi connectivity index (χ4n) is 1.81. The zero-order valence-electron chi connectivity index (χ0n) is 9.15. The van der Waals surface area contributed by atoms with E-state index in [4.69, 9.17) is 4.74 Å². The monoisotopic (exact) mass is 223 g/mol. The van der Waals surface area contributed by atoms with Crippen molar-refractivity contribution >= 4 is 5.91 Å². The Balaban J connectivity index is 2.09. The van der Waals surface area contributed by atoms with Crippen LogP contribution in [0.5, 0.6) is 0 Å². The van der Waals surface area contributed by atoms with Gasteiger partial charge in [0.1, 0.15) is 11.9 Å². The topological polar surface area (TPSA) is 29.5 Å². The first kappa shape index (κ1) is 11.1. The number of carbonyl (C=O) groups is 1. The van der Waals surface area contributed by atoms with Crippen molar-refractivity contribution in [3.05, 3.63) is 35.6 Å². The Bertz CT molecular complexity index is 377. The molecule has 1 aliphatic rings. The van der Waals surface area contributed by atoms with Crippen molar-refractivity contribution < 1.29 is 13.9 Å². The van der Waals surface area contributed by atoms with Gasteiger partial charge in [-0.3, -0.25) is 4.79 Å². The highest BCUT2D eigenvalue weighted by Gasteiger charge is 2.23. The average Bonchev–Trinajstić information content (AvgIpc) is 2.30. The highest BCUT2D eigenvalue weighted by atomic mass is 19.1. The van der Waals surface area contributed by atoms with Crippen LogP contribution in [0.25, 0.3) is 0 Å². The maximum Gasteiger partial charge on any atom is 0.219 e. The Hall–Kier alpha value is -1.42. The van der Waals surface area contributed by atoms with Gasteiger partial charge in [0.15, 0.2) is 0 Å². The number of benzene rings is 1. The largest absolute Gasteiger partial charge is 0.370 e. The van der Waals surface area contributed by atoms with Gasteiger partial charge in [0.2, 0.25) is 5.91 Å². The Labute approximate surface area is 93.8 Å². The van der Waals surface area contributed by atoms with E-state index >= 15 is 0 Å². The number of rotatable bonds is 1. The van der Waals surface area contributed by atoms with Crippen LogP contribution in [0.4, 0.5) is 4.39 Å². The summed E-state index contributed by atoms with van der Waals surface area (Å²) in [6.07, 6.45) is -0.141. The molecule has 0 saturated carbocycles. The van der Waals surface area contributed by atoms with E-state index in [2.05, 4.69) is 0 Å². The van der Waals surface area contributed by atoms with Gasteiger partial charge in [0, 0.05) is 13.5 Å². The van der Waals surface area contributed by atoms with Crippen LogP contribution in [0.1, 0.15) is 18.6 Å². The summed E-state index contributed by atoms with van der Waals surface area (Å²) < 4.78 is 18.3. The van der Waals surface area contributed by atoms with Gasteiger partial charge in [-0.2, -0.15) is 0 Å². The molecule has 1 atom stereocenters. The predicted octanol–water partition coefficient (Wildman–Crippen LogP) is 1.75. The summed E-state index contributed by atoms with van der Waals surface area (Å²) in [5, 5.41) is 0. The zero-order chi connectivity index (χ0) is 11.5. The smallest absolute Gasteiger partial charge is 0.219 e. The number of hydrogen-bond donors (Lipinski definition) is 0. The van der Waals surface area contributed by atoms with Gasteiger partial charge in [0.25, 0.3) is 0 Å². The van der Waals surface area contributed by atoms with Crippen molar-refractivity contribution in [1.29, 1.82) is 0 Å². The summed E-state index contributed by atoms with van der Waals surface area (Å²) in [7, 11) is 0. The fourth-order valence-corrected chi connectivity index (χ4v) is 1.81. The molecule has 3 nitrogen and oxygen atoms in total. The summed E-state index contributed by atoms with van der Waals surface area (Å²) in [6, 6.07) is 6.21. The van der Waals surface area contributed by atoms with Crippen molar-refractivity contribution in [1.82, 2.24) is 4.90 Å². The van der Waals surface area contributed by atoms with Crippen LogP contribution in [0.3, 0.4) is 0 Å². The van der Waals surface area contributed by atoms with Gasteiger partial charge in [-0.05, 0) is 17.7 Å². The Morgan fingerprint density at radius 3 is 2.75 bits per heavy atom. The van der Waals surface area contributed by atoms with E-state index < -0.39 is 0 Å². The van der Waals surface area contributed by atoms with Gasteiger partial charge in [-0.15, -0.1) is 0 Å². The summed E-state index contributed by atoms with van der Waals surface area (Å²) in [5.74, 6) is -0.210. The molecule has 86 valence electrons. The van der Waals surface area contributed by atoms with Crippen LogP contribution >= 0.6 is 0 Å². The number of halogens is 1. The second-order valence-electron chi connectivity index (χ2n) is 3.88. The molecule has 0 aliphatic carbocycles. The molecule has 0 radical (unpaired) electrons. The lowest BCUT2D eigenvalue weighted by molar-refractivity contribution is -0.136. The van der Waals surface area contributed by atoms with Crippen LogP contribution in [0, 0.1) is 5.82 Å². The second-order valence-corrected chi connectivity index (χ2v) is 3.88. The zero-order valence-corrected chi connectivity index (χ0v) is 9.15. The van der Waals surface area contributed by atoms with E-state index in [1.165, 1.54) is 12.1 Å². The molecule has 1 amide bonds. The number of morpholine rings is 1. The Morgan fingerprint density at radius 2 is 2.12 bits per heavy atom. The standard InChI is InChI=1S/C12H14FNO2/c1-9(15)14-6-7-16-12(8-14)10-2-4-11(13)5-3-10/h2-5,12H,6-8H2,1H3/t12-/m1/s1. The van der Waals surface area contributed by atoms with Crippen LogP contribution in [0.15, 0.2) is 24.3 Å². The maximum atomic E-state index is 12.8. The number of ether oxygens (including phenoxy) is 1. The predicted molar refractivity (Wildman–Crippen MR) is 57.3 cm³/mol. The van der Waals surface area contributed by atoms with E-state index in [9.17, 15) is 9.18 Å². The van der Waals surface area contributed by atoms with E-state index in [0.29, 0.717) is 19.7 Å². The minimum Gasteiger partial charge on any atom is -0.370 e. The van der Waals surface area contributed by atoms with E-state index in [1.54, 1.807) is 24.0 Å². The number of nitrogens with zero attached hydrogens (tertiary/aromatic N) is 1. The van der Waals surface area contributed by atoms with Crippen LogP contribution in [-0.4, -0.2) is 30.5 Å². The molecule has 0 bridgehead atoms. The third-order valence-electron chi connectivity index (χ3n) is 2.75. The molecule has 4 heteroatoms. The van der Waals surface area contributed by atoms with Crippen molar-refractivity contribution in [3.8, 4) is 0 Å². The number of hydrogen-bond acceptors (Lipinski definition) is 2. The van der Waals surface area contributed by atoms with Crippen LogP contribution in [0.2, 0.25) is 0 Å². The molecule has 0 unspecified atom stereocenters. The van der Waals surface area contributed by atoms with Gasteiger partial charge in [-0.25, -0.2) is 4.39 Å². The summed E-state index contributed by atoms with van der Waals surface area (Å²) in [4.78, 5) is 13.0. The highest BCUT2D eigenvalue weighted by Crippen LogP contribution is 2.22. The van der Waals surface area contributed by atoms with Crippen molar-refractivity contribution in [3.63, 3.8) is 0 Å². The molecular formula is C12H14FNO2. The molecule has 0 aromatic heterocycles. The molecule has 1 heterocycles. The normalized spacial score (nSPS) is 20.9. The van der Waals surface area contributed by atoms with Crippen LogP contribution < -0.4 is 0 Å². The third-order valence-corrected chi connectivity index (χ3v) is 2.75. The van der Waals surface area contributed by atoms with Gasteiger partial charge in [-0.1, -0.05) is 12.1 Å². The van der Waals surface area contributed by atoms with Crippen molar-refractivity contribution in [2.45, 2.75) is 13.0 Å². The summed E-state index contributed by atoms with van der Waals surface area (Å²) in [6.45, 7) is 3.25. The molecule has 16 heavy (non-hydrogen) atoms. The minimum absolute atomic E-state index is 0.0513. The first-order valence-corrected chi connectivity index (χ1v) is 5.29. The van der Waals surface area contributed by atoms with E-state index in [-0.39, 0.29) is 17.8 Å². The van der Waals surface area contributed by atoms with E-state index in [1.807, 2.05) is 0 Å². The molecular weight excluding hydrogens is 209 g/mol. The van der Waals surface area contributed by atoms with Gasteiger partial charge in [0.05, 0.1) is 13.2 Å². The highest BCUT2D eigenvalue weighted by molar-refractivity contribution is 5.73. The van der Waals surface area contributed by atoms with Gasteiger partial charge >= 0.3 is 0 Å². The lowest BCUT2D eigenvalue weighted by atomic mass is 10.1. The van der Waals surface area contributed by atoms with Crippen molar-refractivity contribution in [2.75, 3.05) is 19.7 Å². The molecule has 0 spiro atoms. The van der Waals surface area contributed by atoms with Crippen molar-refractivity contribution in [2.24, 2.45) is 0 Å². The molecule has 0 N–H and O–H groups in total. The number of carbonyl (C=O) groups excluding carboxylic acids is 1. The Kier molecular flexibility index (Phi) is 3.19. The molecule has 1 aliphatic heterocycles. The average molecular weight is 223 g/mol. The molecule has 1 fully saturated rings. The quantitative estimate of drug-likeness (QED) is 0.725. The third kappa shape index (κ3) is 2.39. The first-order valence-electron chi connectivity index (χ1n) is 5.29. The SMILES string of the molecule is CC(=O)N1CCO[C@@H](c2ccc(F)cc2)C1. The fraction of sp³-hybridized carbons (Fsp3) is 0.417. The summed E-state index contributed by atoms with van der Waals surface area (Å²) in [5.41, 5.74) is 0.910. The van der Waals surface area contributed by atoms with Gasteiger partial charge < -0.3 is 9.64 Å². The minimum atomic E-state index is -0.261. The Morgan fingerprint density at radius 1 is 1.44 bits per heavy atom. The lowest BCUT2D eigenvalue weighted by Crippen LogP contribution is -2.41. The molecule has 1 aromatic carbocycles. The molecule has 2 rings (SSSR count). The number of amides is 1. The summed E-state index contributed by atoms with van der Waals surface area (Å²) >= 11 is 0.